The van der Waals surface area contributed by atoms with Crippen LogP contribution in [0.4, 0.5) is 14.5 Å². The lowest BCUT2D eigenvalue weighted by molar-refractivity contribution is 0.0692. The highest BCUT2D eigenvalue weighted by molar-refractivity contribution is 5.94. The van der Waals surface area contributed by atoms with Crippen LogP contribution in [0.25, 0.3) is 10.9 Å². The van der Waals surface area contributed by atoms with Gasteiger partial charge in [-0.1, -0.05) is 37.3 Å². The van der Waals surface area contributed by atoms with Crippen LogP contribution in [0.15, 0.2) is 59.6 Å². The minimum absolute atomic E-state index is 0.0260. The molecule has 0 atom stereocenters. The molecule has 3 aromatic rings. The van der Waals surface area contributed by atoms with Crippen molar-refractivity contribution >= 4 is 22.3 Å². The molecule has 0 aliphatic heterocycles. The predicted octanol–water partition coefficient (Wildman–Crippen LogP) is 4.92. The molecule has 2 aromatic carbocycles. The second-order valence-corrected chi connectivity index (χ2v) is 5.52. The summed E-state index contributed by atoms with van der Waals surface area (Å²) >= 11 is 0. The Labute approximate surface area is 143 Å². The number of aromatic hydroxyl groups is 2. The van der Waals surface area contributed by atoms with Crippen LogP contribution in [-0.4, -0.2) is 20.9 Å². The van der Waals surface area contributed by atoms with E-state index in [0.29, 0.717) is 5.39 Å². The van der Waals surface area contributed by atoms with Crippen LogP contribution in [0.1, 0.15) is 19.0 Å². The van der Waals surface area contributed by atoms with Crippen molar-refractivity contribution < 1.29 is 19.0 Å². The summed E-state index contributed by atoms with van der Waals surface area (Å²) < 4.78 is 29.9. The zero-order valence-corrected chi connectivity index (χ0v) is 13.4. The number of phenolic OH excluding ortho intramolecular Hbond substituents is 2. The maximum absolute atomic E-state index is 14.9. The first-order chi connectivity index (χ1) is 11.9. The average Bonchev–Trinajstić information content (AvgIpc) is 2.61. The van der Waals surface area contributed by atoms with Crippen molar-refractivity contribution in [1.82, 2.24) is 4.98 Å². The molecule has 0 saturated carbocycles. The zero-order chi connectivity index (χ0) is 18.0. The Morgan fingerprint density at radius 1 is 1.00 bits per heavy atom. The molecule has 2 N–H and O–H groups in total. The van der Waals surface area contributed by atoms with Gasteiger partial charge >= 0.3 is 5.92 Å². The summed E-state index contributed by atoms with van der Waals surface area (Å²) in [4.78, 5) is 7.88. The molecule has 1 aromatic heterocycles. The number of para-hydroxylation sites is 3. The third kappa shape index (κ3) is 3.15. The molecule has 0 unspecified atom stereocenters. The van der Waals surface area contributed by atoms with Gasteiger partial charge in [0.25, 0.3) is 0 Å². The second-order valence-electron chi connectivity index (χ2n) is 5.52. The molecule has 0 aliphatic carbocycles. The van der Waals surface area contributed by atoms with E-state index in [1.54, 1.807) is 31.2 Å². The number of alkyl halides is 2. The van der Waals surface area contributed by atoms with Crippen LogP contribution in [0, 0.1) is 0 Å². The Morgan fingerprint density at radius 2 is 1.72 bits per heavy atom. The van der Waals surface area contributed by atoms with Gasteiger partial charge in [0.1, 0.15) is 28.4 Å². The minimum atomic E-state index is -3.44. The highest BCUT2D eigenvalue weighted by Gasteiger charge is 2.39. The number of nitrogens with zero attached hydrogens (tertiary/aromatic N) is 2. The van der Waals surface area contributed by atoms with Crippen LogP contribution >= 0.6 is 0 Å². The number of halogens is 2. The van der Waals surface area contributed by atoms with Gasteiger partial charge in [-0.2, -0.15) is 8.78 Å². The normalized spacial score (nSPS) is 12.5. The number of hydrogen-bond donors (Lipinski definition) is 2. The molecule has 0 aliphatic rings. The number of fused-ring (bicyclic) bond motifs is 1. The van der Waals surface area contributed by atoms with Crippen LogP contribution in [-0.2, 0) is 5.92 Å². The summed E-state index contributed by atoms with van der Waals surface area (Å²) in [5.41, 5.74) is -0.742. The molecular formula is C19H16F2N2O2. The number of hydrogen-bond acceptors (Lipinski definition) is 4. The molecule has 25 heavy (non-hydrogen) atoms. The quantitative estimate of drug-likeness (QED) is 0.661. The smallest absolute Gasteiger partial charge is 0.327 e. The molecule has 0 fully saturated rings. The fourth-order valence-electron chi connectivity index (χ4n) is 2.53. The predicted molar refractivity (Wildman–Crippen MR) is 92.8 cm³/mol. The van der Waals surface area contributed by atoms with Crippen molar-refractivity contribution in [3.05, 3.63) is 60.3 Å². The molecule has 0 radical (unpaired) electrons. The van der Waals surface area contributed by atoms with E-state index >= 15 is 0 Å². The lowest BCUT2D eigenvalue weighted by Crippen LogP contribution is -2.26. The third-order valence-electron chi connectivity index (χ3n) is 3.86. The van der Waals surface area contributed by atoms with Gasteiger partial charge < -0.3 is 10.2 Å². The van der Waals surface area contributed by atoms with Gasteiger partial charge in [-0.05, 0) is 30.7 Å². The molecule has 4 nitrogen and oxygen atoms in total. The first kappa shape index (κ1) is 16.8. The number of phenols is 2. The molecule has 1 heterocycles. The number of aromatic nitrogens is 1. The van der Waals surface area contributed by atoms with Crippen molar-refractivity contribution in [3.8, 4) is 11.5 Å². The van der Waals surface area contributed by atoms with Gasteiger partial charge in [-0.15, -0.1) is 0 Å². The lowest BCUT2D eigenvalue weighted by Gasteiger charge is -2.18. The second kappa shape index (κ2) is 6.47. The average molecular weight is 342 g/mol. The van der Waals surface area contributed by atoms with E-state index in [-0.39, 0.29) is 29.1 Å². The summed E-state index contributed by atoms with van der Waals surface area (Å²) in [6.07, 6.45) is -0.0260. The molecule has 0 spiro atoms. The van der Waals surface area contributed by atoms with Crippen LogP contribution < -0.4 is 0 Å². The first-order valence-corrected chi connectivity index (χ1v) is 7.76. The van der Waals surface area contributed by atoms with Crippen LogP contribution in [0.3, 0.4) is 0 Å². The fraction of sp³-hybridized carbons (Fsp3) is 0.158. The molecule has 0 saturated heterocycles. The molecule has 128 valence electrons. The SMILES string of the molecule is CCC(=Nc1ccccc1O)C(F)(F)c1ccc2cccc(O)c2n1. The van der Waals surface area contributed by atoms with Gasteiger partial charge in [-0.25, -0.2) is 9.98 Å². The van der Waals surface area contributed by atoms with E-state index in [2.05, 4.69) is 9.98 Å². The largest absolute Gasteiger partial charge is 0.506 e. The van der Waals surface area contributed by atoms with Gasteiger partial charge in [0, 0.05) is 5.39 Å². The zero-order valence-electron chi connectivity index (χ0n) is 13.4. The maximum atomic E-state index is 14.9. The van der Waals surface area contributed by atoms with Crippen molar-refractivity contribution in [2.24, 2.45) is 4.99 Å². The number of aliphatic imine (C=N–C) groups is 1. The Morgan fingerprint density at radius 3 is 2.44 bits per heavy atom. The Balaban J connectivity index is 2.10. The Hall–Kier alpha value is -3.02. The van der Waals surface area contributed by atoms with E-state index in [0.717, 1.165) is 0 Å². The van der Waals surface area contributed by atoms with Crippen LogP contribution in [0.2, 0.25) is 0 Å². The molecule has 3 rings (SSSR count). The van der Waals surface area contributed by atoms with E-state index in [9.17, 15) is 19.0 Å². The number of benzene rings is 2. The third-order valence-corrected chi connectivity index (χ3v) is 3.86. The van der Waals surface area contributed by atoms with Crippen molar-refractivity contribution in [2.45, 2.75) is 19.3 Å². The van der Waals surface area contributed by atoms with E-state index in [1.807, 2.05) is 0 Å². The summed E-state index contributed by atoms with van der Waals surface area (Å²) in [7, 11) is 0. The molecule has 0 bridgehead atoms. The molecule has 0 amide bonds. The van der Waals surface area contributed by atoms with Gasteiger partial charge in [0.05, 0.1) is 5.71 Å². The fourth-order valence-corrected chi connectivity index (χ4v) is 2.53. The molecular weight excluding hydrogens is 326 g/mol. The highest BCUT2D eigenvalue weighted by Crippen LogP contribution is 2.35. The van der Waals surface area contributed by atoms with Crippen molar-refractivity contribution in [2.75, 3.05) is 0 Å². The Kier molecular flexibility index (Phi) is 4.35. The van der Waals surface area contributed by atoms with E-state index in [1.165, 1.54) is 30.3 Å². The maximum Gasteiger partial charge on any atom is 0.327 e. The summed E-state index contributed by atoms with van der Waals surface area (Å²) in [6, 6.07) is 13.4. The van der Waals surface area contributed by atoms with E-state index < -0.39 is 17.3 Å². The van der Waals surface area contributed by atoms with Crippen LogP contribution in [0.5, 0.6) is 11.5 Å². The minimum Gasteiger partial charge on any atom is -0.506 e. The Bertz CT molecular complexity index is 955. The van der Waals surface area contributed by atoms with Crippen molar-refractivity contribution in [3.63, 3.8) is 0 Å². The topological polar surface area (TPSA) is 65.7 Å². The first-order valence-electron chi connectivity index (χ1n) is 7.76. The highest BCUT2D eigenvalue weighted by atomic mass is 19.3. The van der Waals surface area contributed by atoms with Gasteiger partial charge in [-0.3, -0.25) is 0 Å². The van der Waals surface area contributed by atoms with E-state index in [4.69, 9.17) is 0 Å². The summed E-state index contributed by atoms with van der Waals surface area (Å²) in [5.74, 6) is -3.77. The summed E-state index contributed by atoms with van der Waals surface area (Å²) in [6.45, 7) is 1.56. The number of pyridine rings is 1. The lowest BCUT2D eigenvalue weighted by atomic mass is 10.1. The van der Waals surface area contributed by atoms with Gasteiger partial charge in [0.15, 0.2) is 0 Å². The standard InChI is InChI=1S/C19H16F2N2O2/c1-2-16(22-13-7-3-4-8-14(13)24)19(20,21)17-11-10-12-6-5-9-15(25)18(12)23-17/h3-11,24-25H,2H2,1H3. The van der Waals surface area contributed by atoms with Gasteiger partial charge in [0.2, 0.25) is 0 Å². The monoisotopic (exact) mass is 342 g/mol. The van der Waals surface area contributed by atoms with Crippen molar-refractivity contribution in [1.29, 1.82) is 0 Å². The molecule has 6 heteroatoms. The summed E-state index contributed by atoms with van der Waals surface area (Å²) in [5, 5.41) is 20.2. The number of rotatable bonds is 4.